The molecule has 0 heterocycles. The van der Waals surface area contributed by atoms with Crippen molar-refractivity contribution in [1.82, 2.24) is 5.32 Å². The van der Waals surface area contributed by atoms with Crippen LogP contribution in [0.1, 0.15) is 63.6 Å². The quantitative estimate of drug-likeness (QED) is 0.454. The summed E-state index contributed by atoms with van der Waals surface area (Å²) in [6, 6.07) is 7.03. The van der Waals surface area contributed by atoms with Gasteiger partial charge in [-0.05, 0) is 80.4 Å². The molecule has 1 nitrogen and oxygen atoms in total. The van der Waals surface area contributed by atoms with Gasteiger partial charge in [-0.15, -0.1) is 0 Å². The molecule has 0 spiro atoms. The van der Waals surface area contributed by atoms with Gasteiger partial charge in [0.05, 0.1) is 0 Å². The molecule has 1 saturated carbocycles. The van der Waals surface area contributed by atoms with Crippen LogP contribution in [0.2, 0.25) is 0 Å². The number of likely N-dealkylation sites (N-methyl/N-ethyl adjacent to an activating group) is 1. The molecule has 0 amide bonds. The predicted octanol–water partition coefficient (Wildman–Crippen LogP) is 7.11. The maximum absolute atomic E-state index is 4.46. The number of nitrogens with one attached hydrogen (secondary N) is 1. The Bertz CT molecular complexity index is 826. The Hall–Kier alpha value is -2.28. The molecule has 1 fully saturated rings. The summed E-state index contributed by atoms with van der Waals surface area (Å²) in [4.78, 5) is 0. The zero-order chi connectivity index (χ0) is 20.7. The van der Waals surface area contributed by atoms with Gasteiger partial charge in [-0.1, -0.05) is 68.5 Å². The number of benzene rings is 1. The molecule has 0 atom stereocenters. The van der Waals surface area contributed by atoms with Crippen LogP contribution in [-0.2, 0) is 11.8 Å². The Morgan fingerprint density at radius 1 is 1.18 bits per heavy atom. The second-order valence-corrected chi connectivity index (χ2v) is 7.88. The van der Waals surface area contributed by atoms with E-state index < -0.39 is 0 Å². The van der Waals surface area contributed by atoms with E-state index >= 15 is 0 Å². The highest BCUT2D eigenvalue weighted by Crippen LogP contribution is 2.54. The van der Waals surface area contributed by atoms with Gasteiger partial charge in [0.1, 0.15) is 0 Å². The Morgan fingerprint density at radius 2 is 1.89 bits per heavy atom. The number of rotatable bonds is 9. The van der Waals surface area contributed by atoms with Gasteiger partial charge in [-0.3, -0.25) is 0 Å². The second-order valence-electron chi connectivity index (χ2n) is 7.88. The molecule has 0 aromatic heterocycles. The summed E-state index contributed by atoms with van der Waals surface area (Å²) in [5.74, 6) is 0. The average Bonchev–Trinajstić information content (AvgIpc) is 3.49. The first-order valence-electron chi connectivity index (χ1n) is 10.6. The van der Waals surface area contributed by atoms with Crippen molar-refractivity contribution >= 4 is 0 Å². The van der Waals surface area contributed by atoms with E-state index in [1.807, 2.05) is 7.05 Å². The largest absolute Gasteiger partial charge is 0.387 e. The lowest BCUT2D eigenvalue weighted by Crippen LogP contribution is -2.11. The van der Waals surface area contributed by atoms with Crippen LogP contribution in [0.3, 0.4) is 0 Å². The highest BCUT2D eigenvalue weighted by Gasteiger charge is 2.45. The summed E-state index contributed by atoms with van der Waals surface area (Å²) in [5.41, 5.74) is 9.29. The van der Waals surface area contributed by atoms with Gasteiger partial charge in [0.2, 0.25) is 0 Å². The third-order valence-electron chi connectivity index (χ3n) is 5.91. The lowest BCUT2D eigenvalue weighted by molar-refractivity contribution is 0.836. The van der Waals surface area contributed by atoms with E-state index in [9.17, 15) is 0 Å². The first kappa shape index (κ1) is 22.0. The van der Waals surface area contributed by atoms with Crippen molar-refractivity contribution in [2.45, 2.75) is 65.7 Å². The highest BCUT2D eigenvalue weighted by molar-refractivity contribution is 5.50. The third-order valence-corrected chi connectivity index (χ3v) is 5.91. The first-order valence-corrected chi connectivity index (χ1v) is 10.6. The molecule has 28 heavy (non-hydrogen) atoms. The van der Waals surface area contributed by atoms with Crippen LogP contribution in [-0.4, -0.2) is 7.05 Å². The smallest absolute Gasteiger partial charge is 0.0437 e. The van der Waals surface area contributed by atoms with E-state index in [1.54, 1.807) is 0 Å². The fraction of sp³-hybridized carbons (Fsp3) is 0.407. The molecular formula is C27H37N. The summed E-state index contributed by atoms with van der Waals surface area (Å²) >= 11 is 0. The molecule has 0 bridgehead atoms. The van der Waals surface area contributed by atoms with Gasteiger partial charge in [-0.2, -0.15) is 0 Å². The van der Waals surface area contributed by atoms with E-state index in [1.165, 1.54) is 52.7 Å². The van der Waals surface area contributed by atoms with Crippen LogP contribution in [0, 0.1) is 6.92 Å². The number of hydrogen-bond donors (Lipinski definition) is 1. The minimum absolute atomic E-state index is 0.138. The van der Waals surface area contributed by atoms with E-state index in [4.69, 9.17) is 0 Å². The Balaban J connectivity index is 2.28. The Labute approximate surface area is 172 Å². The van der Waals surface area contributed by atoms with Crippen molar-refractivity contribution in [2.75, 3.05) is 7.05 Å². The molecule has 2 rings (SSSR count). The van der Waals surface area contributed by atoms with E-state index in [-0.39, 0.29) is 5.41 Å². The molecule has 0 saturated heterocycles. The SMILES string of the molecule is C=C(/C=C\C(C)=C(/NC)C(=CC)/C=C\C)C1(c2ccc(C)c(CCC)c2)CC1. The number of aryl methyl sites for hydroxylation is 2. The summed E-state index contributed by atoms with van der Waals surface area (Å²) in [6.07, 6.45) is 15.5. The van der Waals surface area contributed by atoms with Gasteiger partial charge in [-0.25, -0.2) is 0 Å². The van der Waals surface area contributed by atoms with Crippen LogP contribution in [0.15, 0.2) is 77.6 Å². The molecule has 1 aliphatic carbocycles. The maximum atomic E-state index is 4.46. The van der Waals surface area contributed by atoms with E-state index in [0.29, 0.717) is 0 Å². The van der Waals surface area contributed by atoms with Crippen molar-refractivity contribution in [3.05, 3.63) is 94.3 Å². The van der Waals surface area contributed by atoms with Gasteiger partial charge in [0.25, 0.3) is 0 Å². The molecule has 1 N–H and O–H groups in total. The number of allylic oxidation sites excluding steroid dienone is 7. The molecule has 1 aliphatic rings. The van der Waals surface area contributed by atoms with Crippen molar-refractivity contribution in [2.24, 2.45) is 0 Å². The topological polar surface area (TPSA) is 12.0 Å². The summed E-state index contributed by atoms with van der Waals surface area (Å²) in [5, 5.41) is 3.35. The van der Waals surface area contributed by atoms with Crippen molar-refractivity contribution in [1.29, 1.82) is 0 Å². The molecule has 0 aliphatic heterocycles. The molecule has 0 radical (unpaired) electrons. The number of hydrogen-bond acceptors (Lipinski definition) is 1. The normalized spacial score (nSPS) is 17.1. The van der Waals surface area contributed by atoms with Crippen LogP contribution in [0.5, 0.6) is 0 Å². The summed E-state index contributed by atoms with van der Waals surface area (Å²) < 4.78 is 0. The fourth-order valence-electron chi connectivity index (χ4n) is 3.97. The lowest BCUT2D eigenvalue weighted by atomic mass is 9.85. The van der Waals surface area contributed by atoms with Crippen molar-refractivity contribution in [3.63, 3.8) is 0 Å². The van der Waals surface area contributed by atoms with E-state index in [2.05, 4.69) is 95.1 Å². The van der Waals surface area contributed by atoms with Crippen LogP contribution < -0.4 is 5.32 Å². The van der Waals surface area contributed by atoms with Crippen LogP contribution in [0.4, 0.5) is 0 Å². The fourth-order valence-corrected chi connectivity index (χ4v) is 3.97. The van der Waals surface area contributed by atoms with E-state index in [0.717, 1.165) is 12.1 Å². The van der Waals surface area contributed by atoms with Gasteiger partial charge < -0.3 is 5.32 Å². The monoisotopic (exact) mass is 375 g/mol. The Morgan fingerprint density at radius 3 is 2.43 bits per heavy atom. The Kier molecular flexibility index (Phi) is 7.69. The maximum Gasteiger partial charge on any atom is 0.0437 e. The minimum Gasteiger partial charge on any atom is -0.387 e. The zero-order valence-electron chi connectivity index (χ0n) is 18.7. The third kappa shape index (κ3) is 4.76. The van der Waals surface area contributed by atoms with Crippen LogP contribution >= 0.6 is 0 Å². The second kappa shape index (κ2) is 9.78. The minimum atomic E-state index is 0.138. The molecule has 150 valence electrons. The van der Waals surface area contributed by atoms with Crippen molar-refractivity contribution in [3.8, 4) is 0 Å². The summed E-state index contributed by atoms with van der Waals surface area (Å²) in [7, 11) is 1.98. The van der Waals surface area contributed by atoms with Crippen LogP contribution in [0.25, 0.3) is 0 Å². The van der Waals surface area contributed by atoms with Gasteiger partial charge in [0.15, 0.2) is 0 Å². The lowest BCUT2D eigenvalue weighted by Gasteiger charge is -2.19. The molecular weight excluding hydrogens is 338 g/mol. The first-order chi connectivity index (χ1) is 13.4. The molecule has 0 unspecified atom stereocenters. The molecule has 1 aromatic carbocycles. The van der Waals surface area contributed by atoms with Gasteiger partial charge >= 0.3 is 0 Å². The van der Waals surface area contributed by atoms with Crippen molar-refractivity contribution < 1.29 is 0 Å². The average molecular weight is 376 g/mol. The molecule has 1 heteroatoms. The zero-order valence-corrected chi connectivity index (χ0v) is 18.7. The summed E-state index contributed by atoms with van der Waals surface area (Å²) in [6.45, 7) is 15.2. The standard InChI is InChI=1S/C27H37N/c1-8-11-23(10-3)26(28-7)21(5)13-15-22(6)27(17-18-27)25-16-14-20(4)24(19-25)12-9-2/h8,10-11,13-16,19,28H,6,9,12,17-18H2,1-5,7H3/b11-8-,15-13-,23-10?,26-21-. The predicted molar refractivity (Wildman–Crippen MR) is 125 cm³/mol. The van der Waals surface area contributed by atoms with Gasteiger partial charge in [0, 0.05) is 18.2 Å². The highest BCUT2D eigenvalue weighted by atomic mass is 14.8. The molecule has 1 aromatic rings.